The van der Waals surface area contributed by atoms with Gasteiger partial charge in [0.25, 0.3) is 10.2 Å². The van der Waals surface area contributed by atoms with Crippen LogP contribution in [0.1, 0.15) is 23.9 Å². The van der Waals surface area contributed by atoms with E-state index in [0.717, 1.165) is 19.2 Å². The fourth-order valence-electron chi connectivity index (χ4n) is 3.95. The summed E-state index contributed by atoms with van der Waals surface area (Å²) in [5, 5.41) is 4.90. The molecule has 1 amide bonds. The number of morpholine rings is 1. The zero-order chi connectivity index (χ0) is 23.4. The Labute approximate surface area is 201 Å². The smallest absolute Gasteiger partial charge is 0.280 e. The molecule has 33 heavy (non-hydrogen) atoms. The first-order chi connectivity index (χ1) is 15.8. The second-order valence-corrected chi connectivity index (χ2v) is 10.8. The van der Waals surface area contributed by atoms with Crippen LogP contribution in [-0.2, 0) is 19.7 Å². The lowest BCUT2D eigenvalue weighted by Gasteiger charge is -2.38. The molecular weight excluding hydrogens is 493 g/mol. The molecule has 13 heteroatoms. The molecule has 2 saturated heterocycles. The van der Waals surface area contributed by atoms with Gasteiger partial charge in [0.05, 0.1) is 24.3 Å². The van der Waals surface area contributed by atoms with Gasteiger partial charge in [-0.2, -0.15) is 17.4 Å². The van der Waals surface area contributed by atoms with Crippen molar-refractivity contribution in [2.45, 2.75) is 24.9 Å². The van der Waals surface area contributed by atoms with E-state index in [1.54, 1.807) is 11.6 Å². The lowest BCUT2D eigenvalue weighted by molar-refractivity contribution is -0.120. The number of halogens is 2. The van der Waals surface area contributed by atoms with Crippen molar-refractivity contribution in [3.8, 4) is 0 Å². The largest absolute Gasteiger partial charge is 0.379 e. The van der Waals surface area contributed by atoms with E-state index in [9.17, 15) is 17.6 Å². The third kappa shape index (κ3) is 6.07. The van der Waals surface area contributed by atoms with Gasteiger partial charge in [0.2, 0.25) is 5.91 Å². The highest BCUT2D eigenvalue weighted by Gasteiger charge is 2.43. The third-order valence-electron chi connectivity index (χ3n) is 5.60. The van der Waals surface area contributed by atoms with E-state index in [1.807, 2.05) is 0 Å². The highest BCUT2D eigenvalue weighted by atomic mass is 35.5. The first-order valence-corrected chi connectivity index (χ1v) is 13.3. The van der Waals surface area contributed by atoms with Crippen molar-refractivity contribution in [2.24, 2.45) is 0 Å². The first-order valence-electron chi connectivity index (χ1n) is 10.6. The molecule has 1 aromatic heterocycles. The van der Waals surface area contributed by atoms with Crippen molar-refractivity contribution < 1.29 is 22.3 Å². The molecule has 2 aliphatic rings. The Kier molecular flexibility index (Phi) is 7.95. The fraction of sp³-hybridized carbons (Fsp3) is 0.500. The molecule has 0 unspecified atom stereocenters. The van der Waals surface area contributed by atoms with Gasteiger partial charge in [-0.3, -0.25) is 9.69 Å². The maximum atomic E-state index is 13.5. The molecule has 0 saturated carbocycles. The molecule has 9 nitrogen and oxygen atoms in total. The van der Waals surface area contributed by atoms with E-state index in [4.69, 9.17) is 16.3 Å². The molecular formula is C20H25ClFN5O4S2. The summed E-state index contributed by atoms with van der Waals surface area (Å²) in [6, 6.07) is 2.26. The molecule has 2 aromatic rings. The van der Waals surface area contributed by atoms with E-state index < -0.39 is 34.0 Å². The summed E-state index contributed by atoms with van der Waals surface area (Å²) in [5.74, 6) is -1.11. The molecule has 2 aliphatic heterocycles. The fourth-order valence-corrected chi connectivity index (χ4v) is 6.50. The van der Waals surface area contributed by atoms with E-state index in [1.165, 1.54) is 27.8 Å². The highest BCUT2D eigenvalue weighted by Crippen LogP contribution is 2.31. The van der Waals surface area contributed by atoms with Crippen molar-refractivity contribution in [2.75, 3.05) is 44.7 Å². The number of carbonyl (C=O) groups excluding carboxylic acids is 1. The van der Waals surface area contributed by atoms with Crippen LogP contribution in [0.5, 0.6) is 0 Å². The number of thiazole rings is 1. The Balaban J connectivity index is 1.51. The maximum absolute atomic E-state index is 13.5. The standard InChI is InChI=1S/C20H25ClFN5O4S2/c21-15-12-14(2-3-16(15)22)24-19(28)18-13-17(20-23-4-11-32-20)25-33(29,30)27(18)6-1-5-26-7-9-31-10-8-26/h2-4,11-12,17-18,25H,1,5-10,13H2,(H,24,28)/t17-,18+/m1/s1. The first kappa shape index (κ1) is 24.5. The minimum absolute atomic E-state index is 0.131. The van der Waals surface area contributed by atoms with Gasteiger partial charge in [-0.25, -0.2) is 9.37 Å². The SMILES string of the molecule is O=C(Nc1ccc(F)c(Cl)c1)[C@@H]1C[C@H](c2nccs2)NS(=O)(=O)N1CCCN1CCOCC1. The number of amides is 1. The Morgan fingerprint density at radius 2 is 2.12 bits per heavy atom. The molecule has 0 bridgehead atoms. The minimum Gasteiger partial charge on any atom is -0.379 e. The number of aromatic nitrogens is 1. The van der Waals surface area contributed by atoms with Crippen molar-refractivity contribution in [3.05, 3.63) is 45.6 Å². The molecule has 2 fully saturated rings. The van der Waals surface area contributed by atoms with Crippen LogP contribution in [-0.4, -0.2) is 73.9 Å². The monoisotopic (exact) mass is 517 g/mol. The van der Waals surface area contributed by atoms with Gasteiger partial charge in [0.15, 0.2) is 0 Å². The van der Waals surface area contributed by atoms with Gasteiger partial charge in [-0.15, -0.1) is 11.3 Å². The Morgan fingerprint density at radius 3 is 2.82 bits per heavy atom. The number of rotatable bonds is 7. The average molecular weight is 518 g/mol. The minimum atomic E-state index is -3.94. The Hall–Kier alpha value is -1.67. The average Bonchev–Trinajstić information content (AvgIpc) is 3.32. The molecule has 0 radical (unpaired) electrons. The van der Waals surface area contributed by atoms with E-state index in [2.05, 4.69) is 19.9 Å². The third-order valence-corrected chi connectivity index (χ3v) is 8.42. The Morgan fingerprint density at radius 1 is 1.33 bits per heavy atom. The van der Waals surface area contributed by atoms with Gasteiger partial charge < -0.3 is 10.1 Å². The number of nitrogens with one attached hydrogen (secondary N) is 2. The molecule has 2 atom stereocenters. The van der Waals surface area contributed by atoms with Gasteiger partial charge in [0.1, 0.15) is 16.9 Å². The number of benzene rings is 1. The van der Waals surface area contributed by atoms with Crippen LogP contribution in [0.25, 0.3) is 0 Å². The van der Waals surface area contributed by atoms with Gasteiger partial charge >= 0.3 is 0 Å². The lowest BCUT2D eigenvalue weighted by Crippen LogP contribution is -2.58. The zero-order valence-corrected chi connectivity index (χ0v) is 20.1. The van der Waals surface area contributed by atoms with Crippen LogP contribution >= 0.6 is 22.9 Å². The molecule has 2 N–H and O–H groups in total. The molecule has 0 aliphatic carbocycles. The number of ether oxygens (including phenoxy) is 1. The normalized spacial score (nSPS) is 23.9. The van der Waals surface area contributed by atoms with Gasteiger partial charge in [0, 0.05) is 36.9 Å². The summed E-state index contributed by atoms with van der Waals surface area (Å²) in [6.45, 7) is 3.79. The lowest BCUT2D eigenvalue weighted by atomic mass is 10.1. The summed E-state index contributed by atoms with van der Waals surface area (Å²) >= 11 is 7.15. The van der Waals surface area contributed by atoms with Gasteiger partial charge in [-0.1, -0.05) is 11.6 Å². The number of nitrogens with zero attached hydrogens (tertiary/aromatic N) is 3. The van der Waals surface area contributed by atoms with Crippen molar-refractivity contribution in [1.29, 1.82) is 0 Å². The zero-order valence-electron chi connectivity index (χ0n) is 17.7. The molecule has 180 valence electrons. The summed E-state index contributed by atoms with van der Waals surface area (Å²) in [4.78, 5) is 19.6. The van der Waals surface area contributed by atoms with E-state index in [-0.39, 0.29) is 18.0 Å². The predicted octanol–water partition coefficient (Wildman–Crippen LogP) is 2.25. The number of anilines is 1. The van der Waals surface area contributed by atoms with Crippen LogP contribution in [0.3, 0.4) is 0 Å². The van der Waals surface area contributed by atoms with Crippen LogP contribution in [0, 0.1) is 5.82 Å². The summed E-state index contributed by atoms with van der Waals surface area (Å²) < 4.78 is 49.0. The van der Waals surface area contributed by atoms with Crippen LogP contribution in [0.15, 0.2) is 29.8 Å². The second-order valence-electron chi connectivity index (χ2n) is 7.83. The van der Waals surface area contributed by atoms with Crippen molar-refractivity contribution in [3.63, 3.8) is 0 Å². The summed E-state index contributed by atoms with van der Waals surface area (Å²) in [5.41, 5.74) is 0.293. The topological polar surface area (TPSA) is 104 Å². The van der Waals surface area contributed by atoms with Crippen LogP contribution in [0.2, 0.25) is 5.02 Å². The number of carbonyl (C=O) groups is 1. The van der Waals surface area contributed by atoms with Gasteiger partial charge in [-0.05, 0) is 37.6 Å². The predicted molar refractivity (Wildman–Crippen MR) is 124 cm³/mol. The summed E-state index contributed by atoms with van der Waals surface area (Å²) in [7, 11) is -3.94. The molecule has 0 spiro atoms. The second kappa shape index (κ2) is 10.7. The van der Waals surface area contributed by atoms with Crippen molar-refractivity contribution in [1.82, 2.24) is 18.9 Å². The molecule has 3 heterocycles. The maximum Gasteiger partial charge on any atom is 0.280 e. The van der Waals surface area contributed by atoms with Crippen LogP contribution < -0.4 is 10.0 Å². The number of hydrogen-bond donors (Lipinski definition) is 2. The van der Waals surface area contributed by atoms with E-state index in [0.29, 0.717) is 36.9 Å². The van der Waals surface area contributed by atoms with E-state index >= 15 is 0 Å². The van der Waals surface area contributed by atoms with Crippen LogP contribution in [0.4, 0.5) is 10.1 Å². The highest BCUT2D eigenvalue weighted by molar-refractivity contribution is 7.87. The molecule has 1 aromatic carbocycles. The number of hydrogen-bond acceptors (Lipinski definition) is 7. The molecule has 4 rings (SSSR count). The Bertz CT molecular complexity index is 1070. The quantitative estimate of drug-likeness (QED) is 0.584. The summed E-state index contributed by atoms with van der Waals surface area (Å²) in [6.07, 6.45) is 2.37. The van der Waals surface area contributed by atoms with Crippen molar-refractivity contribution >= 4 is 44.7 Å².